The number of esters is 1. The molecule has 2 rings (SSSR count). The molecule has 1 aliphatic rings. The number of ether oxygens (including phenoxy) is 1. The molecule has 0 saturated heterocycles. The Morgan fingerprint density at radius 1 is 1.45 bits per heavy atom. The van der Waals surface area contributed by atoms with Crippen LogP contribution in [0.1, 0.15) is 54.8 Å². The minimum atomic E-state index is -0.476. The Hall–Kier alpha value is -1.92. The van der Waals surface area contributed by atoms with Crippen molar-refractivity contribution in [1.82, 2.24) is 19.9 Å². The number of hydrogen-bond donors (Lipinski definition) is 0. The van der Waals surface area contributed by atoms with Crippen LogP contribution in [-0.4, -0.2) is 52.5 Å². The van der Waals surface area contributed by atoms with Crippen LogP contribution in [0.2, 0.25) is 0 Å². The second-order valence-corrected chi connectivity index (χ2v) is 5.17. The van der Waals surface area contributed by atoms with Crippen molar-refractivity contribution in [1.29, 1.82) is 0 Å². The molecule has 110 valence electrons. The summed E-state index contributed by atoms with van der Waals surface area (Å²) in [5.41, 5.74) is 0.971. The highest BCUT2D eigenvalue weighted by Gasteiger charge is 2.36. The topological polar surface area (TPSA) is 77.3 Å². The van der Waals surface area contributed by atoms with Gasteiger partial charge in [0.15, 0.2) is 5.69 Å². The van der Waals surface area contributed by atoms with Gasteiger partial charge in [-0.2, -0.15) is 0 Å². The second kappa shape index (κ2) is 5.60. The van der Waals surface area contributed by atoms with Crippen molar-refractivity contribution in [2.45, 2.75) is 38.6 Å². The molecule has 0 N–H and O–H groups in total. The molecule has 1 aromatic heterocycles. The van der Waals surface area contributed by atoms with E-state index in [2.05, 4.69) is 10.3 Å². The van der Waals surface area contributed by atoms with Gasteiger partial charge in [-0.15, -0.1) is 5.10 Å². The molecular formula is C13H20N4O3. The number of likely N-dealkylation sites (N-methyl/N-ethyl adjacent to an activating group) is 1. The number of amides is 1. The van der Waals surface area contributed by atoms with Crippen LogP contribution in [0.3, 0.4) is 0 Å². The van der Waals surface area contributed by atoms with Crippen molar-refractivity contribution in [2.75, 3.05) is 20.7 Å². The van der Waals surface area contributed by atoms with E-state index in [0.717, 1.165) is 18.5 Å². The summed E-state index contributed by atoms with van der Waals surface area (Å²) in [6, 6.07) is -0.476. The van der Waals surface area contributed by atoms with Crippen LogP contribution < -0.4 is 0 Å². The summed E-state index contributed by atoms with van der Waals surface area (Å²) >= 11 is 0. The van der Waals surface area contributed by atoms with Gasteiger partial charge in [-0.05, 0) is 26.7 Å². The highest BCUT2D eigenvalue weighted by atomic mass is 16.5. The van der Waals surface area contributed by atoms with Crippen molar-refractivity contribution in [2.24, 2.45) is 0 Å². The highest BCUT2D eigenvalue weighted by Crippen LogP contribution is 2.42. The molecular weight excluding hydrogens is 260 g/mol. The summed E-state index contributed by atoms with van der Waals surface area (Å²) in [6.45, 7) is 3.80. The minimum absolute atomic E-state index is 0.0767. The van der Waals surface area contributed by atoms with E-state index in [0.29, 0.717) is 6.61 Å². The Morgan fingerprint density at radius 2 is 2.10 bits per heavy atom. The predicted octanol–water partition coefficient (Wildman–Crippen LogP) is 0.981. The normalized spacial score (nSPS) is 15.8. The number of rotatable bonds is 5. The summed E-state index contributed by atoms with van der Waals surface area (Å²) in [4.78, 5) is 25.5. The van der Waals surface area contributed by atoms with Crippen LogP contribution in [0.15, 0.2) is 0 Å². The number of hydrogen-bond acceptors (Lipinski definition) is 5. The monoisotopic (exact) mass is 280 g/mol. The molecule has 0 bridgehead atoms. The quantitative estimate of drug-likeness (QED) is 0.751. The van der Waals surface area contributed by atoms with E-state index in [1.165, 1.54) is 4.90 Å². The maximum atomic E-state index is 12.1. The lowest BCUT2D eigenvalue weighted by Crippen LogP contribution is -2.31. The Morgan fingerprint density at radius 3 is 2.60 bits per heavy atom. The maximum absolute atomic E-state index is 12.1. The first-order chi connectivity index (χ1) is 9.47. The Bertz CT molecular complexity index is 520. The third-order valence-electron chi connectivity index (χ3n) is 3.33. The molecule has 0 spiro atoms. The maximum Gasteiger partial charge on any atom is 0.360 e. The molecule has 7 nitrogen and oxygen atoms in total. The molecule has 1 fully saturated rings. The van der Waals surface area contributed by atoms with Gasteiger partial charge in [-0.1, -0.05) is 5.21 Å². The Kier molecular flexibility index (Phi) is 4.06. The van der Waals surface area contributed by atoms with Crippen molar-refractivity contribution < 1.29 is 14.3 Å². The van der Waals surface area contributed by atoms with Crippen LogP contribution in [0.25, 0.3) is 0 Å². The fraction of sp³-hybridized carbons (Fsp3) is 0.692. The summed E-state index contributed by atoms with van der Waals surface area (Å²) in [6.07, 6.45) is 1.98. The smallest absolute Gasteiger partial charge is 0.360 e. The summed E-state index contributed by atoms with van der Waals surface area (Å²) in [5.74, 6) is -0.292. The van der Waals surface area contributed by atoms with E-state index in [9.17, 15) is 9.59 Å². The zero-order valence-corrected chi connectivity index (χ0v) is 12.3. The lowest BCUT2D eigenvalue weighted by Gasteiger charge is -2.18. The van der Waals surface area contributed by atoms with Gasteiger partial charge in [-0.3, -0.25) is 4.79 Å². The minimum Gasteiger partial charge on any atom is -0.461 e. The average Bonchev–Trinajstić information content (AvgIpc) is 3.15. The third-order valence-corrected chi connectivity index (χ3v) is 3.33. The van der Waals surface area contributed by atoms with Crippen LogP contribution in [0, 0.1) is 0 Å². The van der Waals surface area contributed by atoms with Crippen LogP contribution in [-0.2, 0) is 9.53 Å². The van der Waals surface area contributed by atoms with Gasteiger partial charge in [0.2, 0.25) is 5.91 Å². The molecule has 0 aliphatic heterocycles. The number of nitrogens with zero attached hydrogens (tertiary/aromatic N) is 4. The van der Waals surface area contributed by atoms with Crippen LogP contribution in [0.4, 0.5) is 0 Å². The number of carbonyl (C=O) groups excluding carboxylic acids is 2. The van der Waals surface area contributed by atoms with Crippen molar-refractivity contribution >= 4 is 11.9 Å². The van der Waals surface area contributed by atoms with E-state index < -0.39 is 12.0 Å². The number of aromatic nitrogens is 3. The second-order valence-electron chi connectivity index (χ2n) is 5.17. The van der Waals surface area contributed by atoms with Crippen molar-refractivity contribution in [3.8, 4) is 0 Å². The van der Waals surface area contributed by atoms with E-state index in [1.54, 1.807) is 32.6 Å². The summed E-state index contributed by atoms with van der Waals surface area (Å²) in [5, 5.41) is 7.93. The molecule has 0 radical (unpaired) electrons. The first-order valence-corrected chi connectivity index (χ1v) is 6.80. The SMILES string of the molecule is CCOC(=O)c1nnn(C(C)C(=O)N(C)C)c1C1CC1. The molecule has 1 amide bonds. The standard InChI is InChI=1S/C13H20N4O3/c1-5-20-13(19)10-11(9-6-7-9)17(15-14-10)8(2)12(18)16(3)4/h8-9H,5-7H2,1-4H3. The third kappa shape index (κ3) is 2.66. The molecule has 20 heavy (non-hydrogen) atoms. The van der Waals surface area contributed by atoms with Gasteiger partial charge in [0.1, 0.15) is 6.04 Å². The van der Waals surface area contributed by atoms with Crippen LogP contribution >= 0.6 is 0 Å². The zero-order chi connectivity index (χ0) is 14.9. The fourth-order valence-corrected chi connectivity index (χ4v) is 2.15. The molecule has 1 saturated carbocycles. The predicted molar refractivity (Wildman–Crippen MR) is 71.4 cm³/mol. The first kappa shape index (κ1) is 14.5. The van der Waals surface area contributed by atoms with E-state index in [-0.39, 0.29) is 17.5 Å². The zero-order valence-electron chi connectivity index (χ0n) is 12.3. The van der Waals surface area contributed by atoms with Gasteiger partial charge in [0.25, 0.3) is 0 Å². The summed E-state index contributed by atoms with van der Waals surface area (Å²) < 4.78 is 6.56. The van der Waals surface area contributed by atoms with E-state index >= 15 is 0 Å². The van der Waals surface area contributed by atoms with Gasteiger partial charge in [0, 0.05) is 20.0 Å². The molecule has 1 aliphatic carbocycles. The fourth-order valence-electron chi connectivity index (χ4n) is 2.15. The Balaban J connectivity index is 2.34. The molecule has 7 heteroatoms. The lowest BCUT2D eigenvalue weighted by atomic mass is 10.2. The van der Waals surface area contributed by atoms with Crippen molar-refractivity contribution in [3.63, 3.8) is 0 Å². The van der Waals surface area contributed by atoms with Gasteiger partial charge in [0.05, 0.1) is 12.3 Å². The number of carbonyl (C=O) groups is 2. The van der Waals surface area contributed by atoms with Gasteiger partial charge >= 0.3 is 5.97 Å². The summed E-state index contributed by atoms with van der Waals surface area (Å²) in [7, 11) is 3.39. The molecule has 1 heterocycles. The molecule has 0 aromatic carbocycles. The van der Waals surface area contributed by atoms with E-state index in [1.807, 2.05) is 0 Å². The largest absolute Gasteiger partial charge is 0.461 e. The molecule has 1 atom stereocenters. The first-order valence-electron chi connectivity index (χ1n) is 6.80. The van der Waals surface area contributed by atoms with Gasteiger partial charge in [-0.25, -0.2) is 9.48 Å². The van der Waals surface area contributed by atoms with Gasteiger partial charge < -0.3 is 9.64 Å². The molecule has 1 unspecified atom stereocenters. The van der Waals surface area contributed by atoms with E-state index in [4.69, 9.17) is 4.74 Å². The Labute approximate surface area is 117 Å². The average molecular weight is 280 g/mol. The molecule has 1 aromatic rings. The van der Waals surface area contributed by atoms with Crippen molar-refractivity contribution in [3.05, 3.63) is 11.4 Å². The van der Waals surface area contributed by atoms with Crippen LogP contribution in [0.5, 0.6) is 0 Å². The lowest BCUT2D eigenvalue weighted by molar-refractivity contribution is -0.132. The highest BCUT2D eigenvalue weighted by molar-refractivity contribution is 5.89.